The fourth-order valence-electron chi connectivity index (χ4n) is 2.86. The summed E-state index contributed by atoms with van der Waals surface area (Å²) in [7, 11) is 0. The highest BCUT2D eigenvalue weighted by molar-refractivity contribution is 5.14. The molecule has 0 spiro atoms. The number of hydrogen-bond donors (Lipinski definition) is 0. The van der Waals surface area contributed by atoms with E-state index in [9.17, 15) is 0 Å². The van der Waals surface area contributed by atoms with Gasteiger partial charge in [-0.1, -0.05) is 11.6 Å². The van der Waals surface area contributed by atoms with Gasteiger partial charge in [0.2, 0.25) is 0 Å². The molecule has 0 radical (unpaired) electrons. The van der Waals surface area contributed by atoms with Gasteiger partial charge < -0.3 is 4.74 Å². The Morgan fingerprint density at radius 3 is 2.85 bits per heavy atom. The van der Waals surface area contributed by atoms with Gasteiger partial charge in [-0.3, -0.25) is 0 Å². The van der Waals surface area contributed by atoms with Gasteiger partial charge in [0.15, 0.2) is 0 Å². The molecule has 0 aromatic heterocycles. The Labute approximate surface area is 81.2 Å². The number of ether oxygens (including phenoxy) is 1. The van der Waals surface area contributed by atoms with Crippen LogP contribution in [0.15, 0.2) is 11.6 Å². The average molecular weight is 180 g/mol. The molecule has 2 bridgehead atoms. The highest BCUT2D eigenvalue weighted by Gasteiger charge is 2.42. The summed E-state index contributed by atoms with van der Waals surface area (Å²) in [5.74, 6) is 1.42. The van der Waals surface area contributed by atoms with Crippen LogP contribution in [0.5, 0.6) is 0 Å². The van der Waals surface area contributed by atoms with Gasteiger partial charge in [0.25, 0.3) is 0 Å². The zero-order chi connectivity index (χ0) is 9.64. The second-order valence-electron chi connectivity index (χ2n) is 5.15. The molecular weight excluding hydrogens is 160 g/mol. The molecule has 74 valence electrons. The van der Waals surface area contributed by atoms with Crippen LogP contribution >= 0.6 is 0 Å². The van der Waals surface area contributed by atoms with Crippen molar-refractivity contribution >= 4 is 0 Å². The average Bonchev–Trinajstić information content (AvgIpc) is 2.02. The molecule has 1 heterocycles. The van der Waals surface area contributed by atoms with E-state index in [-0.39, 0.29) is 5.60 Å². The molecule has 1 fully saturated rings. The lowest BCUT2D eigenvalue weighted by atomic mass is 9.70. The molecule has 0 saturated carbocycles. The number of hydrogen-bond acceptors (Lipinski definition) is 1. The quantitative estimate of drug-likeness (QED) is 0.520. The Bertz CT molecular complexity index is 240. The third-order valence-electron chi connectivity index (χ3n) is 3.89. The maximum absolute atomic E-state index is 6.07. The largest absolute Gasteiger partial charge is 0.372 e. The standard InChI is InChI=1S/C12H20O/c1-8-5-6-10-7-11(8)9(2)13-12(10,3)4/h5,9-11H,6-7H2,1-4H3/t9?,10-,11+/m1/s1. The molecule has 0 amide bonds. The number of allylic oxidation sites excluding steroid dienone is 1. The van der Waals surface area contributed by atoms with Gasteiger partial charge in [-0.05, 0) is 46.5 Å². The van der Waals surface area contributed by atoms with Crippen LogP contribution in [0, 0.1) is 11.8 Å². The fourth-order valence-corrected chi connectivity index (χ4v) is 2.86. The fraction of sp³-hybridized carbons (Fsp3) is 0.833. The zero-order valence-electron chi connectivity index (χ0n) is 9.13. The van der Waals surface area contributed by atoms with Crippen molar-refractivity contribution in [3.05, 3.63) is 11.6 Å². The smallest absolute Gasteiger partial charge is 0.0661 e. The Balaban J connectivity index is 2.27. The van der Waals surface area contributed by atoms with Crippen LogP contribution in [-0.2, 0) is 4.74 Å². The van der Waals surface area contributed by atoms with Crippen molar-refractivity contribution in [3.63, 3.8) is 0 Å². The molecule has 2 rings (SSSR count). The third kappa shape index (κ3) is 1.43. The van der Waals surface area contributed by atoms with Gasteiger partial charge in [0.05, 0.1) is 11.7 Å². The summed E-state index contributed by atoms with van der Waals surface area (Å²) in [5.41, 5.74) is 1.63. The van der Waals surface area contributed by atoms with Crippen molar-refractivity contribution in [1.29, 1.82) is 0 Å². The second kappa shape index (κ2) is 2.84. The molecule has 0 aromatic rings. The van der Waals surface area contributed by atoms with Gasteiger partial charge in [0.1, 0.15) is 0 Å². The minimum Gasteiger partial charge on any atom is -0.372 e. The summed E-state index contributed by atoms with van der Waals surface area (Å²) in [6, 6.07) is 0. The first kappa shape index (κ1) is 9.26. The lowest BCUT2D eigenvalue weighted by molar-refractivity contribution is -0.156. The maximum atomic E-state index is 6.07. The lowest BCUT2D eigenvalue weighted by Crippen LogP contribution is -2.48. The molecule has 2 aliphatic rings. The van der Waals surface area contributed by atoms with Crippen LogP contribution in [-0.4, -0.2) is 11.7 Å². The first-order valence-electron chi connectivity index (χ1n) is 5.35. The molecule has 3 atom stereocenters. The zero-order valence-corrected chi connectivity index (χ0v) is 9.13. The second-order valence-corrected chi connectivity index (χ2v) is 5.15. The van der Waals surface area contributed by atoms with E-state index in [1.165, 1.54) is 12.8 Å². The monoisotopic (exact) mass is 180 g/mol. The summed E-state index contributed by atoms with van der Waals surface area (Å²) in [5, 5.41) is 0. The molecule has 1 aliphatic heterocycles. The number of rotatable bonds is 0. The van der Waals surface area contributed by atoms with Crippen LogP contribution in [0.3, 0.4) is 0 Å². The molecule has 0 N–H and O–H groups in total. The van der Waals surface area contributed by atoms with Crippen molar-refractivity contribution in [2.45, 2.75) is 52.2 Å². The molecule has 1 saturated heterocycles. The van der Waals surface area contributed by atoms with Crippen molar-refractivity contribution in [2.24, 2.45) is 11.8 Å². The van der Waals surface area contributed by atoms with E-state index in [1.807, 2.05) is 0 Å². The maximum Gasteiger partial charge on any atom is 0.0661 e. The third-order valence-corrected chi connectivity index (χ3v) is 3.89. The Morgan fingerprint density at radius 2 is 2.15 bits per heavy atom. The van der Waals surface area contributed by atoms with Crippen LogP contribution in [0.1, 0.15) is 40.5 Å². The van der Waals surface area contributed by atoms with E-state index in [0.29, 0.717) is 12.0 Å². The van der Waals surface area contributed by atoms with Crippen molar-refractivity contribution in [3.8, 4) is 0 Å². The van der Waals surface area contributed by atoms with E-state index in [2.05, 4.69) is 33.8 Å². The van der Waals surface area contributed by atoms with Crippen LogP contribution < -0.4 is 0 Å². The van der Waals surface area contributed by atoms with Crippen LogP contribution in [0.25, 0.3) is 0 Å². The van der Waals surface area contributed by atoms with Gasteiger partial charge >= 0.3 is 0 Å². The van der Waals surface area contributed by atoms with E-state index in [1.54, 1.807) is 5.57 Å². The minimum atomic E-state index is 0.0904. The van der Waals surface area contributed by atoms with E-state index >= 15 is 0 Å². The first-order chi connectivity index (χ1) is 6.00. The molecule has 1 nitrogen and oxygen atoms in total. The molecule has 0 aromatic carbocycles. The van der Waals surface area contributed by atoms with Gasteiger partial charge in [-0.15, -0.1) is 0 Å². The van der Waals surface area contributed by atoms with Crippen LogP contribution in [0.4, 0.5) is 0 Å². The SMILES string of the molecule is CC1=CC[C@@H]2C[C@@H]1C(C)OC2(C)C. The number of fused-ring (bicyclic) bond motifs is 2. The summed E-state index contributed by atoms with van der Waals surface area (Å²) in [6.45, 7) is 8.93. The minimum absolute atomic E-state index is 0.0904. The molecule has 1 unspecified atom stereocenters. The molecular formula is C12H20O. The predicted octanol–water partition coefficient (Wildman–Crippen LogP) is 3.16. The summed E-state index contributed by atoms with van der Waals surface area (Å²) in [4.78, 5) is 0. The van der Waals surface area contributed by atoms with Crippen molar-refractivity contribution < 1.29 is 4.74 Å². The molecule has 13 heavy (non-hydrogen) atoms. The first-order valence-corrected chi connectivity index (χ1v) is 5.35. The van der Waals surface area contributed by atoms with E-state index in [4.69, 9.17) is 4.74 Å². The van der Waals surface area contributed by atoms with E-state index in [0.717, 1.165) is 5.92 Å². The van der Waals surface area contributed by atoms with Gasteiger partial charge in [-0.25, -0.2) is 0 Å². The van der Waals surface area contributed by atoms with Crippen molar-refractivity contribution in [1.82, 2.24) is 0 Å². The summed E-state index contributed by atoms with van der Waals surface area (Å²) < 4.78 is 6.07. The van der Waals surface area contributed by atoms with Gasteiger partial charge in [0, 0.05) is 5.92 Å². The Kier molecular flexibility index (Phi) is 2.03. The van der Waals surface area contributed by atoms with E-state index < -0.39 is 0 Å². The summed E-state index contributed by atoms with van der Waals surface area (Å²) in [6.07, 6.45) is 5.36. The van der Waals surface area contributed by atoms with Crippen LogP contribution in [0.2, 0.25) is 0 Å². The topological polar surface area (TPSA) is 9.23 Å². The van der Waals surface area contributed by atoms with Gasteiger partial charge in [-0.2, -0.15) is 0 Å². The summed E-state index contributed by atoms with van der Waals surface area (Å²) >= 11 is 0. The molecule has 1 heteroatoms. The molecule has 1 aliphatic carbocycles. The highest BCUT2D eigenvalue weighted by atomic mass is 16.5. The predicted molar refractivity (Wildman–Crippen MR) is 54.6 cm³/mol. The Morgan fingerprint density at radius 1 is 1.46 bits per heavy atom. The Hall–Kier alpha value is -0.300. The lowest BCUT2D eigenvalue weighted by Gasteiger charge is -2.48. The normalized spacial score (nSPS) is 42.8. The van der Waals surface area contributed by atoms with Crippen molar-refractivity contribution in [2.75, 3.05) is 0 Å². The highest BCUT2D eigenvalue weighted by Crippen LogP contribution is 2.44.